The van der Waals surface area contributed by atoms with E-state index in [-0.39, 0.29) is 0 Å². The van der Waals surface area contributed by atoms with Gasteiger partial charge < -0.3 is 25.9 Å². The van der Waals surface area contributed by atoms with Crippen LogP contribution < -0.4 is 16.7 Å². The number of hydrogen-bond acceptors (Lipinski definition) is 6. The van der Waals surface area contributed by atoms with E-state index in [1.807, 2.05) is 0 Å². The van der Waals surface area contributed by atoms with Crippen LogP contribution in [-0.2, 0) is 4.74 Å². The van der Waals surface area contributed by atoms with Crippen molar-refractivity contribution in [2.45, 2.75) is 24.5 Å². The van der Waals surface area contributed by atoms with E-state index in [1.54, 1.807) is 4.98 Å². The molecule has 1 aromatic heterocycles. The lowest BCUT2D eigenvalue weighted by Crippen LogP contribution is -2.44. The Morgan fingerprint density at radius 3 is 2.90 bits per heavy atom. The van der Waals surface area contributed by atoms with Gasteiger partial charge >= 0.3 is 5.69 Å². The molecular formula is C9H11FN5O5-. The van der Waals surface area contributed by atoms with Gasteiger partial charge in [-0.05, 0) is 0 Å². The molecule has 110 valence electrons. The molecule has 0 bridgehead atoms. The van der Waals surface area contributed by atoms with E-state index in [2.05, 4.69) is 10.6 Å². The summed E-state index contributed by atoms with van der Waals surface area (Å²) in [7, 11) is 0. The van der Waals surface area contributed by atoms with Gasteiger partial charge in [0.05, 0.1) is 18.9 Å². The van der Waals surface area contributed by atoms with Gasteiger partial charge in [-0.2, -0.15) is 4.39 Å². The van der Waals surface area contributed by atoms with Gasteiger partial charge in [-0.25, -0.2) is 4.79 Å². The van der Waals surface area contributed by atoms with Crippen molar-refractivity contribution in [1.82, 2.24) is 15.0 Å². The first-order valence-corrected chi connectivity index (χ1v) is 5.54. The SMILES string of the molecule is [N-]=NNC1C(CO)OC(n2cc(F)c(=O)[nH]c2=O)C1O. The quantitative estimate of drug-likeness (QED) is 0.365. The molecule has 1 aliphatic rings. The lowest BCUT2D eigenvalue weighted by molar-refractivity contribution is -0.0537. The van der Waals surface area contributed by atoms with Gasteiger partial charge in [-0.15, -0.1) is 0 Å². The third kappa shape index (κ3) is 2.33. The Labute approximate surface area is 110 Å². The average Bonchev–Trinajstić information content (AvgIpc) is 2.72. The first kappa shape index (κ1) is 14.3. The molecule has 20 heavy (non-hydrogen) atoms. The number of aromatic nitrogens is 2. The second kappa shape index (κ2) is 5.48. The van der Waals surface area contributed by atoms with Crippen LogP contribution in [0.25, 0.3) is 5.53 Å². The van der Waals surface area contributed by atoms with Crippen molar-refractivity contribution in [2.24, 2.45) is 5.22 Å². The van der Waals surface area contributed by atoms with Crippen LogP contribution in [0.4, 0.5) is 4.39 Å². The summed E-state index contributed by atoms with van der Waals surface area (Å²) in [4.78, 5) is 24.2. The van der Waals surface area contributed by atoms with Crippen LogP contribution in [0.2, 0.25) is 0 Å². The number of aliphatic hydroxyl groups is 2. The van der Waals surface area contributed by atoms with E-state index in [4.69, 9.17) is 15.4 Å². The van der Waals surface area contributed by atoms with E-state index in [0.717, 1.165) is 0 Å². The highest BCUT2D eigenvalue weighted by Crippen LogP contribution is 2.28. The Kier molecular flexibility index (Phi) is 3.92. The zero-order valence-corrected chi connectivity index (χ0v) is 9.93. The van der Waals surface area contributed by atoms with E-state index >= 15 is 0 Å². The van der Waals surface area contributed by atoms with Crippen molar-refractivity contribution in [1.29, 1.82) is 0 Å². The van der Waals surface area contributed by atoms with E-state index < -0.39 is 48.2 Å². The molecule has 4 atom stereocenters. The number of hydrogen-bond donors (Lipinski definition) is 4. The van der Waals surface area contributed by atoms with Crippen molar-refractivity contribution in [2.75, 3.05) is 6.61 Å². The summed E-state index contributed by atoms with van der Waals surface area (Å²) in [6.45, 7) is -0.540. The standard InChI is InChI=1S/C9H11FN5O5/c10-3-1-15(9(19)12-7(3)18)8-6(17)5(13-14-11)4(2-16)20-8/h1,4-6,8,16-17H,2H2,(H2-,11,12,13,18,19)/q-1. The number of nitrogens with zero attached hydrogens (tertiary/aromatic N) is 3. The topological polar surface area (TPSA) is 151 Å². The summed E-state index contributed by atoms with van der Waals surface area (Å²) in [5, 5.41) is 21.7. The average molecular weight is 288 g/mol. The van der Waals surface area contributed by atoms with Crippen molar-refractivity contribution >= 4 is 0 Å². The van der Waals surface area contributed by atoms with E-state index in [1.165, 1.54) is 0 Å². The third-order valence-corrected chi connectivity index (χ3v) is 2.96. The number of aliphatic hydroxyl groups excluding tert-OH is 2. The van der Waals surface area contributed by atoms with E-state index in [9.17, 15) is 19.1 Å². The predicted molar refractivity (Wildman–Crippen MR) is 61.0 cm³/mol. The molecule has 0 saturated carbocycles. The summed E-state index contributed by atoms with van der Waals surface area (Å²) in [5.74, 6) is -1.23. The molecule has 1 aromatic rings. The Morgan fingerprint density at radius 2 is 2.30 bits per heavy atom. The summed E-state index contributed by atoms with van der Waals surface area (Å²) in [6.07, 6.45) is -3.19. The second-order valence-electron chi connectivity index (χ2n) is 4.14. The Balaban J connectivity index is 2.39. The number of halogens is 1. The highest BCUT2D eigenvalue weighted by atomic mass is 19.1. The van der Waals surface area contributed by atoms with Crippen LogP contribution in [0.5, 0.6) is 0 Å². The zero-order valence-electron chi connectivity index (χ0n) is 9.93. The Hall–Kier alpha value is -2.11. The molecule has 4 N–H and O–H groups in total. The Bertz CT molecular complexity index is 615. The maximum Gasteiger partial charge on any atom is 0.330 e. The first-order valence-electron chi connectivity index (χ1n) is 5.54. The Morgan fingerprint density at radius 1 is 1.60 bits per heavy atom. The summed E-state index contributed by atoms with van der Waals surface area (Å²) in [5.41, 5.74) is 8.36. The monoisotopic (exact) mass is 288 g/mol. The van der Waals surface area contributed by atoms with E-state index in [0.29, 0.717) is 10.8 Å². The van der Waals surface area contributed by atoms with Crippen molar-refractivity contribution in [3.63, 3.8) is 0 Å². The van der Waals surface area contributed by atoms with Crippen LogP contribution in [0, 0.1) is 5.82 Å². The fourth-order valence-electron chi connectivity index (χ4n) is 2.00. The minimum Gasteiger partial charge on any atom is -0.406 e. The van der Waals surface area contributed by atoms with Gasteiger partial charge in [0.2, 0.25) is 5.82 Å². The van der Waals surface area contributed by atoms with Gasteiger partial charge in [0.25, 0.3) is 5.56 Å². The fourth-order valence-corrected chi connectivity index (χ4v) is 2.00. The van der Waals surface area contributed by atoms with Gasteiger partial charge in [-0.1, -0.05) is 0 Å². The molecule has 0 radical (unpaired) electrons. The highest BCUT2D eigenvalue weighted by Gasteiger charge is 2.42. The molecule has 0 spiro atoms. The largest absolute Gasteiger partial charge is 0.406 e. The van der Waals surface area contributed by atoms with Crippen LogP contribution in [-0.4, -0.2) is 44.6 Å². The van der Waals surface area contributed by atoms with Crippen LogP contribution in [0.15, 0.2) is 21.0 Å². The fraction of sp³-hybridized carbons (Fsp3) is 0.556. The van der Waals surface area contributed by atoms with Gasteiger partial charge in [0.1, 0.15) is 6.10 Å². The third-order valence-electron chi connectivity index (χ3n) is 2.96. The number of H-pyrrole nitrogens is 1. The van der Waals surface area contributed by atoms with Gasteiger partial charge in [0.15, 0.2) is 6.23 Å². The summed E-state index contributed by atoms with van der Waals surface area (Å²) < 4.78 is 19.0. The summed E-state index contributed by atoms with van der Waals surface area (Å²) >= 11 is 0. The van der Waals surface area contributed by atoms with Crippen molar-refractivity contribution in [3.05, 3.63) is 38.4 Å². The molecule has 4 unspecified atom stereocenters. The lowest BCUT2D eigenvalue weighted by Gasteiger charge is -2.23. The van der Waals surface area contributed by atoms with Gasteiger partial charge in [-0.3, -0.25) is 19.6 Å². The maximum atomic E-state index is 13.2. The number of nitrogens with one attached hydrogen (secondary N) is 2. The molecule has 11 heteroatoms. The van der Waals surface area contributed by atoms with Crippen LogP contribution in [0.3, 0.4) is 0 Å². The van der Waals surface area contributed by atoms with Crippen molar-refractivity contribution < 1.29 is 19.3 Å². The normalized spacial score (nSPS) is 29.4. The van der Waals surface area contributed by atoms with Crippen LogP contribution >= 0.6 is 0 Å². The highest BCUT2D eigenvalue weighted by molar-refractivity contribution is 4.97. The molecule has 0 aromatic carbocycles. The first-order chi connectivity index (χ1) is 9.49. The minimum atomic E-state index is -1.42. The molecule has 1 fully saturated rings. The van der Waals surface area contributed by atoms with Crippen molar-refractivity contribution in [3.8, 4) is 0 Å². The minimum absolute atomic E-state index is 0.540. The molecule has 2 heterocycles. The molecule has 0 aliphatic carbocycles. The van der Waals surface area contributed by atoms with Gasteiger partial charge in [0, 0.05) is 6.04 Å². The maximum absolute atomic E-state index is 13.2. The lowest BCUT2D eigenvalue weighted by atomic mass is 10.1. The number of ether oxygens (including phenoxy) is 1. The molecular weight excluding hydrogens is 277 g/mol. The number of aromatic amines is 1. The molecule has 1 saturated heterocycles. The predicted octanol–water partition coefficient (Wildman–Crippen LogP) is -2.18. The summed E-state index contributed by atoms with van der Waals surface area (Å²) in [6, 6.07) is -1.02. The molecule has 0 amide bonds. The molecule has 10 nitrogen and oxygen atoms in total. The molecule has 1 aliphatic heterocycles. The van der Waals surface area contributed by atoms with Crippen LogP contribution in [0.1, 0.15) is 6.23 Å². The number of rotatable bonds is 4. The zero-order chi connectivity index (χ0) is 14.9. The smallest absolute Gasteiger partial charge is 0.330 e. The second-order valence-corrected chi connectivity index (χ2v) is 4.14. The molecule has 2 rings (SSSR count).